The molecule has 1 N–H and O–H groups in total. The Morgan fingerprint density at radius 1 is 1.14 bits per heavy atom. The molecule has 0 unspecified atom stereocenters. The van der Waals surface area contributed by atoms with Gasteiger partial charge in [-0.25, -0.2) is 0 Å². The lowest BCUT2D eigenvalue weighted by molar-refractivity contribution is 0.0533. The summed E-state index contributed by atoms with van der Waals surface area (Å²) in [5.74, 6) is 1.57. The molecule has 1 amide bonds. The van der Waals surface area contributed by atoms with Crippen LogP contribution in [0.4, 0.5) is 0 Å². The molecule has 1 aliphatic heterocycles. The first-order valence-corrected chi connectivity index (χ1v) is 10.3. The predicted molar refractivity (Wildman–Crippen MR) is 112 cm³/mol. The van der Waals surface area contributed by atoms with Gasteiger partial charge in [0.2, 0.25) is 0 Å². The van der Waals surface area contributed by atoms with Gasteiger partial charge in [0, 0.05) is 23.6 Å². The van der Waals surface area contributed by atoms with Gasteiger partial charge in [-0.3, -0.25) is 4.79 Å². The van der Waals surface area contributed by atoms with E-state index in [9.17, 15) is 4.79 Å². The van der Waals surface area contributed by atoms with E-state index in [-0.39, 0.29) is 17.4 Å². The number of nitrogens with one attached hydrogen (secondary N) is 1. The fourth-order valence-electron chi connectivity index (χ4n) is 5.23. The number of benzene rings is 2. The van der Waals surface area contributed by atoms with Crippen molar-refractivity contribution in [3.63, 3.8) is 0 Å². The zero-order valence-electron chi connectivity index (χ0n) is 16.9. The van der Waals surface area contributed by atoms with E-state index in [1.54, 1.807) is 7.11 Å². The van der Waals surface area contributed by atoms with Crippen LogP contribution in [0.15, 0.2) is 54.6 Å². The summed E-state index contributed by atoms with van der Waals surface area (Å²) in [6.45, 7) is 2.21. The number of fused-ring (bicyclic) bond motifs is 1. The Kier molecular flexibility index (Phi) is 5.40. The van der Waals surface area contributed by atoms with Gasteiger partial charge in [-0.1, -0.05) is 30.3 Å². The molecule has 4 heteroatoms. The summed E-state index contributed by atoms with van der Waals surface area (Å²) in [5.41, 5.74) is 2.21. The molecule has 1 saturated heterocycles. The van der Waals surface area contributed by atoms with Gasteiger partial charge in [0.25, 0.3) is 5.91 Å². The van der Waals surface area contributed by atoms with Crippen LogP contribution >= 0.6 is 0 Å². The highest BCUT2D eigenvalue weighted by Crippen LogP contribution is 2.49. The van der Waals surface area contributed by atoms with Crippen molar-refractivity contribution in [2.24, 2.45) is 5.92 Å². The third kappa shape index (κ3) is 3.66. The van der Waals surface area contributed by atoms with Gasteiger partial charge >= 0.3 is 0 Å². The van der Waals surface area contributed by atoms with Crippen molar-refractivity contribution in [2.45, 2.75) is 37.1 Å². The monoisotopic (exact) mass is 378 g/mol. The summed E-state index contributed by atoms with van der Waals surface area (Å²) < 4.78 is 5.51. The molecule has 0 spiro atoms. The third-order valence-corrected chi connectivity index (χ3v) is 6.74. The number of nitrogens with zero attached hydrogens (tertiary/aromatic N) is 1. The molecule has 2 fully saturated rings. The number of hydrogen-bond donors (Lipinski definition) is 1. The molecule has 3 atom stereocenters. The van der Waals surface area contributed by atoms with Gasteiger partial charge in [-0.05, 0) is 75.0 Å². The minimum atomic E-state index is 0.0396. The Hall–Kier alpha value is -2.33. The van der Waals surface area contributed by atoms with Crippen molar-refractivity contribution in [3.05, 3.63) is 65.7 Å². The molecule has 148 valence electrons. The van der Waals surface area contributed by atoms with Crippen LogP contribution in [0.5, 0.6) is 5.75 Å². The lowest BCUT2D eigenvalue weighted by Crippen LogP contribution is -2.55. The normalized spacial score (nSPS) is 27.6. The first-order valence-electron chi connectivity index (χ1n) is 10.3. The summed E-state index contributed by atoms with van der Waals surface area (Å²) in [4.78, 5) is 15.2. The van der Waals surface area contributed by atoms with Gasteiger partial charge < -0.3 is 15.0 Å². The Morgan fingerprint density at radius 2 is 1.96 bits per heavy atom. The van der Waals surface area contributed by atoms with Crippen molar-refractivity contribution < 1.29 is 9.53 Å². The van der Waals surface area contributed by atoms with E-state index in [4.69, 9.17) is 4.74 Å². The maximum absolute atomic E-state index is 12.7. The zero-order chi connectivity index (χ0) is 19.6. The maximum atomic E-state index is 12.7. The van der Waals surface area contributed by atoms with Gasteiger partial charge in [-0.15, -0.1) is 0 Å². The number of carbonyl (C=O) groups is 1. The van der Waals surface area contributed by atoms with E-state index in [2.05, 4.69) is 35.5 Å². The highest BCUT2D eigenvalue weighted by Gasteiger charge is 2.47. The number of ether oxygens (including phenoxy) is 1. The van der Waals surface area contributed by atoms with E-state index in [1.165, 1.54) is 5.56 Å². The smallest absolute Gasteiger partial charge is 0.251 e. The van der Waals surface area contributed by atoms with Crippen LogP contribution in [0, 0.1) is 5.92 Å². The molecule has 2 aliphatic rings. The van der Waals surface area contributed by atoms with Crippen LogP contribution in [0.3, 0.4) is 0 Å². The number of hydrogen-bond acceptors (Lipinski definition) is 3. The van der Waals surface area contributed by atoms with Crippen LogP contribution in [0.1, 0.15) is 41.6 Å². The molecule has 1 saturated carbocycles. The molecule has 4 rings (SSSR count). The fourth-order valence-corrected chi connectivity index (χ4v) is 5.23. The van der Waals surface area contributed by atoms with Crippen LogP contribution < -0.4 is 10.1 Å². The molecule has 2 aromatic carbocycles. The Balaban J connectivity index is 1.60. The van der Waals surface area contributed by atoms with Gasteiger partial charge in [0.15, 0.2) is 0 Å². The van der Waals surface area contributed by atoms with Gasteiger partial charge in [0.1, 0.15) is 5.75 Å². The number of methoxy groups -OCH3 is 1. The minimum absolute atomic E-state index is 0.0396. The van der Waals surface area contributed by atoms with Crippen molar-refractivity contribution in [2.75, 3.05) is 27.2 Å². The molecule has 1 heterocycles. The van der Waals surface area contributed by atoms with Crippen LogP contribution in [-0.4, -0.2) is 44.1 Å². The molecule has 2 aromatic rings. The molecular weight excluding hydrogens is 348 g/mol. The fraction of sp³-hybridized carbons (Fsp3) is 0.458. The summed E-state index contributed by atoms with van der Waals surface area (Å²) in [6.07, 6.45) is 4.31. The van der Waals surface area contributed by atoms with E-state index in [1.807, 2.05) is 36.4 Å². The summed E-state index contributed by atoms with van der Waals surface area (Å²) >= 11 is 0. The lowest BCUT2D eigenvalue weighted by Gasteiger charge is -2.52. The average molecular weight is 379 g/mol. The largest absolute Gasteiger partial charge is 0.497 e. The number of piperidine rings is 1. The number of rotatable bonds is 4. The van der Waals surface area contributed by atoms with Crippen molar-refractivity contribution in [1.29, 1.82) is 0 Å². The standard InChI is InChI=1S/C24H30N2O2/c1-26-14-13-24(19-9-6-10-22(15-19)28-2)16-21(12-11-20(24)17-26)25-23(27)18-7-4-3-5-8-18/h3-10,15,20-21H,11-14,16-17H2,1-2H3,(H,25,27)/t20-,21+,24+/m1/s1. The van der Waals surface area contributed by atoms with E-state index < -0.39 is 0 Å². The molecule has 0 radical (unpaired) electrons. The quantitative estimate of drug-likeness (QED) is 0.878. The third-order valence-electron chi connectivity index (χ3n) is 6.74. The summed E-state index contributed by atoms with van der Waals surface area (Å²) in [6, 6.07) is 18.3. The van der Waals surface area contributed by atoms with Crippen LogP contribution in [-0.2, 0) is 5.41 Å². The molecule has 1 aliphatic carbocycles. The van der Waals surface area contributed by atoms with E-state index in [0.29, 0.717) is 5.92 Å². The highest BCUT2D eigenvalue weighted by molar-refractivity contribution is 5.94. The second kappa shape index (κ2) is 7.96. The highest BCUT2D eigenvalue weighted by atomic mass is 16.5. The molecule has 4 nitrogen and oxygen atoms in total. The maximum Gasteiger partial charge on any atom is 0.251 e. The average Bonchev–Trinajstić information content (AvgIpc) is 2.74. The Labute approximate surface area is 167 Å². The number of amides is 1. The predicted octanol–water partition coefficient (Wildman–Crippen LogP) is 3.87. The number of likely N-dealkylation sites (tertiary alicyclic amines) is 1. The molecular formula is C24H30N2O2. The molecule has 28 heavy (non-hydrogen) atoms. The van der Waals surface area contributed by atoms with Crippen molar-refractivity contribution in [1.82, 2.24) is 10.2 Å². The SMILES string of the molecule is COc1cccc([C@@]23CCN(C)C[C@H]2CC[C@H](NC(=O)c2ccccc2)C3)c1. The van der Waals surface area contributed by atoms with Gasteiger partial charge in [0.05, 0.1) is 7.11 Å². The number of carbonyl (C=O) groups excluding carboxylic acids is 1. The van der Waals surface area contributed by atoms with E-state index >= 15 is 0 Å². The minimum Gasteiger partial charge on any atom is -0.497 e. The second-order valence-electron chi connectivity index (χ2n) is 8.42. The summed E-state index contributed by atoms with van der Waals surface area (Å²) in [5, 5.41) is 3.32. The van der Waals surface area contributed by atoms with Crippen molar-refractivity contribution >= 4 is 5.91 Å². The van der Waals surface area contributed by atoms with Crippen molar-refractivity contribution in [3.8, 4) is 5.75 Å². The second-order valence-corrected chi connectivity index (χ2v) is 8.42. The Bertz CT molecular complexity index is 822. The van der Waals surface area contributed by atoms with Gasteiger partial charge in [-0.2, -0.15) is 0 Å². The first-order chi connectivity index (χ1) is 13.6. The molecule has 0 aromatic heterocycles. The first kappa shape index (κ1) is 19.0. The molecule has 0 bridgehead atoms. The van der Waals surface area contributed by atoms with Crippen LogP contribution in [0.25, 0.3) is 0 Å². The Morgan fingerprint density at radius 3 is 2.75 bits per heavy atom. The van der Waals surface area contributed by atoms with E-state index in [0.717, 1.165) is 50.1 Å². The van der Waals surface area contributed by atoms with Crippen LogP contribution in [0.2, 0.25) is 0 Å². The summed E-state index contributed by atoms with van der Waals surface area (Å²) in [7, 11) is 3.95. The zero-order valence-corrected chi connectivity index (χ0v) is 16.9. The lowest BCUT2D eigenvalue weighted by atomic mass is 9.58. The topological polar surface area (TPSA) is 41.6 Å².